The average molecular weight is 228 g/mol. The summed E-state index contributed by atoms with van der Waals surface area (Å²) in [5, 5.41) is 3.15. The van der Waals surface area contributed by atoms with E-state index in [0.717, 1.165) is 24.2 Å². The van der Waals surface area contributed by atoms with Crippen LogP contribution in [-0.4, -0.2) is 15.0 Å². The van der Waals surface area contributed by atoms with Gasteiger partial charge in [0.05, 0.1) is 11.9 Å². The molecule has 2 aromatic heterocycles. The molecule has 0 amide bonds. The monoisotopic (exact) mass is 228 g/mol. The predicted octanol–water partition coefficient (Wildman–Crippen LogP) is 2.74. The second kappa shape index (κ2) is 5.39. The van der Waals surface area contributed by atoms with Crippen LogP contribution in [0.5, 0.6) is 0 Å². The molecule has 88 valence electrons. The Morgan fingerprint density at radius 1 is 1.18 bits per heavy atom. The minimum atomic E-state index is 0.632. The van der Waals surface area contributed by atoms with E-state index in [1.54, 1.807) is 12.4 Å². The fourth-order valence-electron chi connectivity index (χ4n) is 1.67. The van der Waals surface area contributed by atoms with Crippen molar-refractivity contribution in [2.45, 2.75) is 26.7 Å². The van der Waals surface area contributed by atoms with Gasteiger partial charge in [-0.05, 0) is 30.5 Å². The highest BCUT2D eigenvalue weighted by Gasteiger charge is 2.04. The summed E-state index contributed by atoms with van der Waals surface area (Å²) in [4.78, 5) is 12.8. The molecule has 2 heterocycles. The van der Waals surface area contributed by atoms with E-state index < -0.39 is 0 Å². The first-order chi connectivity index (χ1) is 8.33. The average Bonchev–Trinajstić information content (AvgIpc) is 2.40. The lowest BCUT2D eigenvalue weighted by molar-refractivity contribution is 0.935. The second-order valence-corrected chi connectivity index (χ2v) is 3.74. The molecule has 0 spiro atoms. The fourth-order valence-corrected chi connectivity index (χ4v) is 1.67. The number of pyridine rings is 1. The highest BCUT2D eigenvalue weighted by molar-refractivity contribution is 5.51. The zero-order valence-corrected chi connectivity index (χ0v) is 10.1. The third-order valence-corrected chi connectivity index (χ3v) is 2.59. The molecule has 0 bridgehead atoms. The number of rotatable bonds is 4. The van der Waals surface area contributed by atoms with E-state index in [2.05, 4.69) is 34.1 Å². The number of anilines is 2. The van der Waals surface area contributed by atoms with E-state index in [4.69, 9.17) is 0 Å². The third kappa shape index (κ3) is 2.78. The normalized spacial score (nSPS) is 10.2. The lowest BCUT2D eigenvalue weighted by Crippen LogP contribution is -2.03. The van der Waals surface area contributed by atoms with Crippen LogP contribution in [0.2, 0.25) is 0 Å². The third-order valence-electron chi connectivity index (χ3n) is 2.59. The molecule has 1 N–H and O–H groups in total. The van der Waals surface area contributed by atoms with Crippen LogP contribution in [0.1, 0.15) is 25.1 Å². The second-order valence-electron chi connectivity index (χ2n) is 3.74. The summed E-state index contributed by atoms with van der Waals surface area (Å²) in [7, 11) is 0. The summed E-state index contributed by atoms with van der Waals surface area (Å²) < 4.78 is 0. The number of aryl methyl sites for hydroxylation is 2. The number of aromatic nitrogens is 3. The maximum absolute atomic E-state index is 4.51. The van der Waals surface area contributed by atoms with Crippen molar-refractivity contribution in [3.05, 3.63) is 42.0 Å². The molecule has 2 aromatic rings. The summed E-state index contributed by atoms with van der Waals surface area (Å²) >= 11 is 0. The molecular formula is C13H16N4. The van der Waals surface area contributed by atoms with Gasteiger partial charge in [-0.3, -0.25) is 4.98 Å². The van der Waals surface area contributed by atoms with Crippen molar-refractivity contribution in [2.75, 3.05) is 5.32 Å². The first-order valence-corrected chi connectivity index (χ1v) is 5.85. The molecule has 0 atom stereocenters. The number of nitrogens with zero attached hydrogens (tertiary/aromatic N) is 3. The smallest absolute Gasteiger partial charge is 0.227 e. The molecule has 0 fully saturated rings. The van der Waals surface area contributed by atoms with Gasteiger partial charge in [0.25, 0.3) is 0 Å². The van der Waals surface area contributed by atoms with Crippen LogP contribution in [0.15, 0.2) is 30.7 Å². The minimum Gasteiger partial charge on any atom is -0.323 e. The molecule has 0 unspecified atom stereocenters. The summed E-state index contributed by atoms with van der Waals surface area (Å²) in [6, 6.07) is 3.82. The Kier molecular flexibility index (Phi) is 3.65. The van der Waals surface area contributed by atoms with Crippen LogP contribution in [0.4, 0.5) is 11.6 Å². The Hall–Kier alpha value is -1.97. The molecular weight excluding hydrogens is 212 g/mol. The van der Waals surface area contributed by atoms with Crippen molar-refractivity contribution in [1.82, 2.24) is 15.0 Å². The van der Waals surface area contributed by atoms with Gasteiger partial charge in [-0.2, -0.15) is 0 Å². The van der Waals surface area contributed by atoms with Crippen LogP contribution in [0, 0.1) is 0 Å². The van der Waals surface area contributed by atoms with Crippen molar-refractivity contribution in [2.24, 2.45) is 0 Å². The van der Waals surface area contributed by atoms with Crippen molar-refractivity contribution >= 4 is 11.6 Å². The zero-order valence-electron chi connectivity index (χ0n) is 10.1. The van der Waals surface area contributed by atoms with Gasteiger partial charge in [-0.1, -0.05) is 13.8 Å². The van der Waals surface area contributed by atoms with E-state index in [0.29, 0.717) is 5.95 Å². The van der Waals surface area contributed by atoms with Crippen molar-refractivity contribution < 1.29 is 0 Å². The highest BCUT2D eigenvalue weighted by Crippen LogP contribution is 2.13. The maximum atomic E-state index is 4.51. The van der Waals surface area contributed by atoms with Crippen LogP contribution in [0.3, 0.4) is 0 Å². The molecule has 0 saturated heterocycles. The molecule has 17 heavy (non-hydrogen) atoms. The quantitative estimate of drug-likeness (QED) is 0.874. The number of nitrogens with one attached hydrogen (secondary N) is 1. The molecule has 0 aliphatic rings. The topological polar surface area (TPSA) is 50.7 Å². The number of hydrogen-bond donors (Lipinski definition) is 1. The van der Waals surface area contributed by atoms with Gasteiger partial charge in [0.2, 0.25) is 5.95 Å². The van der Waals surface area contributed by atoms with Gasteiger partial charge in [0, 0.05) is 18.1 Å². The Balaban J connectivity index is 2.22. The van der Waals surface area contributed by atoms with E-state index >= 15 is 0 Å². The molecule has 0 saturated carbocycles. The van der Waals surface area contributed by atoms with Crippen molar-refractivity contribution in [1.29, 1.82) is 0 Å². The summed E-state index contributed by atoms with van der Waals surface area (Å²) in [6.07, 6.45) is 7.28. The standard InChI is InChI=1S/C13H16N4/c1-3-10-8-15-13(17-12(10)4-2)16-11-6-5-7-14-9-11/h5-9H,3-4H2,1-2H3,(H,15,16,17). The Morgan fingerprint density at radius 3 is 2.71 bits per heavy atom. The zero-order chi connectivity index (χ0) is 12.1. The summed E-state index contributed by atoms with van der Waals surface area (Å²) in [6.45, 7) is 4.22. The minimum absolute atomic E-state index is 0.632. The summed E-state index contributed by atoms with van der Waals surface area (Å²) in [5.41, 5.74) is 3.22. The molecule has 0 radical (unpaired) electrons. The van der Waals surface area contributed by atoms with Gasteiger partial charge >= 0.3 is 0 Å². The van der Waals surface area contributed by atoms with Gasteiger partial charge < -0.3 is 5.32 Å². The largest absolute Gasteiger partial charge is 0.323 e. The van der Waals surface area contributed by atoms with E-state index in [1.165, 1.54) is 5.56 Å². The van der Waals surface area contributed by atoms with E-state index in [-0.39, 0.29) is 0 Å². The van der Waals surface area contributed by atoms with Crippen LogP contribution < -0.4 is 5.32 Å². The van der Waals surface area contributed by atoms with Gasteiger partial charge in [-0.15, -0.1) is 0 Å². The first kappa shape index (κ1) is 11.5. The van der Waals surface area contributed by atoms with Gasteiger partial charge in [0.1, 0.15) is 0 Å². The maximum Gasteiger partial charge on any atom is 0.227 e. The molecule has 4 nitrogen and oxygen atoms in total. The Morgan fingerprint density at radius 2 is 2.06 bits per heavy atom. The van der Waals surface area contributed by atoms with Crippen molar-refractivity contribution in [3.63, 3.8) is 0 Å². The molecule has 0 aromatic carbocycles. The van der Waals surface area contributed by atoms with Crippen LogP contribution in [-0.2, 0) is 12.8 Å². The number of hydrogen-bond acceptors (Lipinski definition) is 4. The van der Waals surface area contributed by atoms with Crippen molar-refractivity contribution in [3.8, 4) is 0 Å². The SMILES string of the molecule is CCc1cnc(Nc2cccnc2)nc1CC. The lowest BCUT2D eigenvalue weighted by atomic mass is 10.1. The first-order valence-electron chi connectivity index (χ1n) is 5.85. The fraction of sp³-hybridized carbons (Fsp3) is 0.308. The van der Waals surface area contributed by atoms with Gasteiger partial charge in [-0.25, -0.2) is 9.97 Å². The van der Waals surface area contributed by atoms with E-state index in [1.807, 2.05) is 18.3 Å². The lowest BCUT2D eigenvalue weighted by Gasteiger charge is -2.08. The Bertz CT molecular complexity index is 482. The molecule has 0 aliphatic heterocycles. The van der Waals surface area contributed by atoms with E-state index in [9.17, 15) is 0 Å². The Labute approximate surface area is 101 Å². The molecule has 4 heteroatoms. The highest BCUT2D eigenvalue weighted by atomic mass is 15.1. The molecule has 0 aliphatic carbocycles. The molecule has 2 rings (SSSR count). The van der Waals surface area contributed by atoms with Crippen LogP contribution >= 0.6 is 0 Å². The predicted molar refractivity (Wildman–Crippen MR) is 68.3 cm³/mol. The summed E-state index contributed by atoms with van der Waals surface area (Å²) in [5.74, 6) is 0.632. The van der Waals surface area contributed by atoms with Gasteiger partial charge in [0.15, 0.2) is 0 Å². The van der Waals surface area contributed by atoms with Crippen LogP contribution in [0.25, 0.3) is 0 Å².